The predicted octanol–water partition coefficient (Wildman–Crippen LogP) is 4.28. The fourth-order valence-electron chi connectivity index (χ4n) is 3.15. The van der Waals surface area contributed by atoms with Gasteiger partial charge < -0.3 is 11.1 Å². The highest BCUT2D eigenvalue weighted by molar-refractivity contribution is 9.10. The van der Waals surface area contributed by atoms with Crippen molar-refractivity contribution in [2.24, 2.45) is 5.73 Å². The number of amides is 2. The van der Waals surface area contributed by atoms with E-state index in [-0.39, 0.29) is 5.91 Å². The first kappa shape index (κ1) is 19.4. The molecule has 1 aromatic carbocycles. The van der Waals surface area contributed by atoms with Crippen molar-refractivity contribution >= 4 is 55.7 Å². The first-order chi connectivity index (χ1) is 12.4. The van der Waals surface area contributed by atoms with Crippen molar-refractivity contribution in [1.82, 2.24) is 4.90 Å². The van der Waals surface area contributed by atoms with Gasteiger partial charge in [0.25, 0.3) is 11.8 Å². The van der Waals surface area contributed by atoms with Crippen molar-refractivity contribution in [3.8, 4) is 0 Å². The van der Waals surface area contributed by atoms with E-state index in [4.69, 9.17) is 17.3 Å². The van der Waals surface area contributed by atoms with Gasteiger partial charge >= 0.3 is 0 Å². The summed E-state index contributed by atoms with van der Waals surface area (Å²) in [5.41, 5.74) is 7.35. The number of primary amides is 1. The lowest BCUT2D eigenvalue weighted by Crippen LogP contribution is -2.31. The van der Waals surface area contributed by atoms with Gasteiger partial charge in [-0.15, -0.1) is 11.3 Å². The minimum Gasteiger partial charge on any atom is -0.365 e. The molecule has 0 saturated carbocycles. The van der Waals surface area contributed by atoms with Crippen molar-refractivity contribution in [1.29, 1.82) is 0 Å². The molecule has 3 N–H and O–H groups in total. The molecule has 5 nitrogen and oxygen atoms in total. The molecule has 1 aliphatic heterocycles. The normalized spacial score (nSPS) is 14.1. The topological polar surface area (TPSA) is 75.4 Å². The Balaban J connectivity index is 1.92. The van der Waals surface area contributed by atoms with E-state index < -0.39 is 5.91 Å². The van der Waals surface area contributed by atoms with Gasteiger partial charge in [-0.05, 0) is 43.1 Å². The zero-order valence-electron chi connectivity index (χ0n) is 14.3. The summed E-state index contributed by atoms with van der Waals surface area (Å²) in [6.07, 6.45) is 1.84. The van der Waals surface area contributed by atoms with E-state index in [0.29, 0.717) is 21.2 Å². The summed E-state index contributed by atoms with van der Waals surface area (Å²) in [6.45, 7) is 4.83. The molecule has 0 saturated heterocycles. The van der Waals surface area contributed by atoms with Gasteiger partial charge in [0.15, 0.2) is 0 Å². The highest BCUT2D eigenvalue weighted by Gasteiger charge is 2.27. The van der Waals surface area contributed by atoms with Gasteiger partial charge in [0.2, 0.25) is 0 Å². The van der Waals surface area contributed by atoms with E-state index in [0.717, 1.165) is 47.4 Å². The van der Waals surface area contributed by atoms with Gasteiger partial charge in [-0.25, -0.2) is 0 Å². The number of nitrogens with one attached hydrogen (secondary N) is 1. The van der Waals surface area contributed by atoms with E-state index in [9.17, 15) is 9.59 Å². The molecule has 0 unspecified atom stereocenters. The molecule has 3 rings (SSSR count). The standard InChI is InChI=1S/C18H19BrClN3O2S/c1-2-6-23-7-5-11-14(9-23)26-18(15(11)16(21)24)22-17(25)12-8-10(19)3-4-13(12)20/h3-4,8H,2,5-7,9H2,1H3,(H2,21,24)(H,22,25). The smallest absolute Gasteiger partial charge is 0.257 e. The van der Waals surface area contributed by atoms with Crippen molar-refractivity contribution in [2.75, 3.05) is 18.4 Å². The van der Waals surface area contributed by atoms with E-state index in [1.165, 1.54) is 11.3 Å². The van der Waals surface area contributed by atoms with E-state index >= 15 is 0 Å². The van der Waals surface area contributed by atoms with E-state index in [2.05, 4.69) is 33.1 Å². The maximum absolute atomic E-state index is 12.7. The van der Waals surface area contributed by atoms with Crippen LogP contribution in [0.3, 0.4) is 0 Å². The number of nitrogens with two attached hydrogens (primary N) is 1. The summed E-state index contributed by atoms with van der Waals surface area (Å²) in [5.74, 6) is -0.870. The first-order valence-electron chi connectivity index (χ1n) is 8.33. The van der Waals surface area contributed by atoms with Gasteiger partial charge in [-0.1, -0.05) is 34.5 Å². The largest absolute Gasteiger partial charge is 0.365 e. The number of nitrogens with zero attached hydrogens (tertiary/aromatic N) is 1. The average Bonchev–Trinajstić information content (AvgIpc) is 2.94. The summed E-state index contributed by atoms with van der Waals surface area (Å²) in [5, 5.41) is 3.69. The van der Waals surface area contributed by atoms with Crippen LogP contribution in [0.4, 0.5) is 5.00 Å². The summed E-state index contributed by atoms with van der Waals surface area (Å²) < 4.78 is 0.753. The second kappa shape index (κ2) is 8.08. The van der Waals surface area contributed by atoms with Crippen LogP contribution in [0, 0.1) is 0 Å². The maximum Gasteiger partial charge on any atom is 0.257 e. The fraction of sp³-hybridized carbons (Fsp3) is 0.333. The third-order valence-electron chi connectivity index (χ3n) is 4.32. The number of hydrogen-bond donors (Lipinski definition) is 2. The van der Waals surface area contributed by atoms with E-state index in [1.807, 2.05) is 0 Å². The molecular weight excluding hydrogens is 438 g/mol. The molecule has 2 aromatic rings. The molecule has 0 fully saturated rings. The number of thiophene rings is 1. The van der Waals surface area contributed by atoms with E-state index in [1.54, 1.807) is 18.2 Å². The molecule has 26 heavy (non-hydrogen) atoms. The molecule has 8 heteroatoms. The molecule has 0 aliphatic carbocycles. The quantitative estimate of drug-likeness (QED) is 0.705. The molecular formula is C18H19BrClN3O2S. The Hall–Kier alpha value is -1.41. The number of hydrogen-bond acceptors (Lipinski definition) is 4. The highest BCUT2D eigenvalue weighted by atomic mass is 79.9. The van der Waals surface area contributed by atoms with Crippen LogP contribution in [0.25, 0.3) is 0 Å². The Morgan fingerprint density at radius 3 is 2.88 bits per heavy atom. The molecule has 2 heterocycles. The molecule has 0 bridgehead atoms. The van der Waals surface area contributed by atoms with Gasteiger partial charge in [-0.3, -0.25) is 14.5 Å². The van der Waals surface area contributed by atoms with Crippen LogP contribution < -0.4 is 11.1 Å². The average molecular weight is 457 g/mol. The molecule has 0 radical (unpaired) electrons. The van der Waals surface area contributed by atoms with Gasteiger partial charge in [-0.2, -0.15) is 0 Å². The van der Waals surface area contributed by atoms with Crippen molar-refractivity contribution in [2.45, 2.75) is 26.3 Å². The Kier molecular flexibility index (Phi) is 6.02. The van der Waals surface area contributed by atoms with Gasteiger partial charge in [0.1, 0.15) is 5.00 Å². The molecule has 0 spiro atoms. The number of anilines is 1. The zero-order chi connectivity index (χ0) is 18.8. The Morgan fingerprint density at radius 2 is 2.19 bits per heavy atom. The lowest BCUT2D eigenvalue weighted by atomic mass is 10.0. The zero-order valence-corrected chi connectivity index (χ0v) is 17.4. The van der Waals surface area contributed by atoms with Crippen LogP contribution in [0.15, 0.2) is 22.7 Å². The van der Waals surface area contributed by atoms with Crippen LogP contribution in [-0.2, 0) is 13.0 Å². The predicted molar refractivity (Wildman–Crippen MR) is 109 cm³/mol. The summed E-state index contributed by atoms with van der Waals surface area (Å²) in [6, 6.07) is 5.07. The minimum atomic E-state index is -0.512. The molecule has 2 amide bonds. The number of carbonyl (C=O) groups excluding carboxylic acids is 2. The Bertz CT molecular complexity index is 868. The number of halogens is 2. The van der Waals surface area contributed by atoms with Gasteiger partial charge in [0.05, 0.1) is 16.1 Å². The van der Waals surface area contributed by atoms with Crippen LogP contribution in [-0.4, -0.2) is 29.8 Å². The summed E-state index contributed by atoms with van der Waals surface area (Å²) in [4.78, 5) is 28.1. The second-order valence-electron chi connectivity index (χ2n) is 6.18. The van der Waals surface area contributed by atoms with Crippen molar-refractivity contribution in [3.63, 3.8) is 0 Å². The molecule has 1 aliphatic rings. The van der Waals surface area contributed by atoms with Crippen LogP contribution in [0.2, 0.25) is 5.02 Å². The molecule has 138 valence electrons. The number of carbonyl (C=O) groups is 2. The maximum atomic E-state index is 12.7. The third kappa shape index (κ3) is 3.96. The highest BCUT2D eigenvalue weighted by Crippen LogP contribution is 2.37. The number of benzene rings is 1. The van der Waals surface area contributed by atoms with Gasteiger partial charge in [0, 0.05) is 22.4 Å². The lowest BCUT2D eigenvalue weighted by Gasteiger charge is -2.26. The van der Waals surface area contributed by atoms with Crippen LogP contribution in [0.5, 0.6) is 0 Å². The Morgan fingerprint density at radius 1 is 1.42 bits per heavy atom. The monoisotopic (exact) mass is 455 g/mol. The number of rotatable bonds is 5. The van der Waals surface area contributed by atoms with Crippen LogP contribution in [0.1, 0.15) is 44.5 Å². The summed E-state index contributed by atoms with van der Waals surface area (Å²) >= 11 is 10.9. The summed E-state index contributed by atoms with van der Waals surface area (Å²) in [7, 11) is 0. The van der Waals surface area contributed by atoms with Crippen molar-refractivity contribution in [3.05, 3.63) is 49.3 Å². The number of fused-ring (bicyclic) bond motifs is 1. The minimum absolute atomic E-state index is 0.343. The molecule has 1 aromatic heterocycles. The SMILES string of the molecule is CCCN1CCc2c(sc(NC(=O)c3cc(Br)ccc3Cl)c2C(N)=O)C1. The first-order valence-corrected chi connectivity index (χ1v) is 10.3. The second-order valence-corrected chi connectivity index (χ2v) is 8.60. The van der Waals surface area contributed by atoms with Crippen LogP contribution >= 0.6 is 38.9 Å². The van der Waals surface area contributed by atoms with Crippen molar-refractivity contribution < 1.29 is 9.59 Å². The third-order valence-corrected chi connectivity index (χ3v) is 6.28. The fourth-order valence-corrected chi connectivity index (χ4v) is 5.01. The Labute approximate surface area is 169 Å². The molecule has 0 atom stereocenters. The lowest BCUT2D eigenvalue weighted by molar-refractivity contribution is 0.1000.